The van der Waals surface area contributed by atoms with Crippen LogP contribution in [0.25, 0.3) is 0 Å². The largest absolute Gasteiger partial charge is 0.507 e. The van der Waals surface area contributed by atoms with Gasteiger partial charge in [-0.3, -0.25) is 0 Å². The van der Waals surface area contributed by atoms with Crippen molar-refractivity contribution in [1.82, 2.24) is 0 Å². The van der Waals surface area contributed by atoms with Crippen LogP contribution in [0, 0.1) is 0 Å². The van der Waals surface area contributed by atoms with E-state index in [1.54, 1.807) is 0 Å². The number of carbonyl (C=O) groups is 1. The average Bonchev–Trinajstić information content (AvgIpc) is 2.53. The lowest BCUT2D eigenvalue weighted by Gasteiger charge is -2.10. The molecule has 5 nitrogen and oxygen atoms in total. The molecule has 0 fully saturated rings. The van der Waals surface area contributed by atoms with E-state index in [9.17, 15) is 9.90 Å². The van der Waals surface area contributed by atoms with Crippen molar-refractivity contribution in [2.24, 2.45) is 0 Å². The minimum atomic E-state index is -0.580. The van der Waals surface area contributed by atoms with Crippen LogP contribution in [0.3, 0.4) is 0 Å². The molecule has 0 aromatic heterocycles. The van der Waals surface area contributed by atoms with Crippen LogP contribution in [-0.4, -0.2) is 21.3 Å². The van der Waals surface area contributed by atoms with E-state index in [-0.39, 0.29) is 29.0 Å². The summed E-state index contributed by atoms with van der Waals surface area (Å²) in [5, 5.41) is 28.0. The molecule has 21 heavy (non-hydrogen) atoms. The van der Waals surface area contributed by atoms with Crippen molar-refractivity contribution in [2.75, 3.05) is 0 Å². The Morgan fingerprint density at radius 3 is 2.10 bits per heavy atom. The molecule has 2 rings (SSSR count). The van der Waals surface area contributed by atoms with Gasteiger partial charge in [-0.2, -0.15) is 0 Å². The summed E-state index contributed by atoms with van der Waals surface area (Å²) >= 11 is 0. The standard InChI is InChI=1S/C16H16O5/c17-8-13-6-12(7-14(9-18)15(13)19)16(20)21-10-11-4-2-1-3-5-11/h1-7,17-19H,8-10H2. The molecule has 0 aliphatic heterocycles. The van der Waals surface area contributed by atoms with Gasteiger partial charge in [-0.1, -0.05) is 30.3 Å². The number of hydrogen-bond donors (Lipinski definition) is 3. The van der Waals surface area contributed by atoms with Crippen molar-refractivity contribution in [3.8, 4) is 5.75 Å². The first-order valence-electron chi connectivity index (χ1n) is 6.43. The van der Waals surface area contributed by atoms with E-state index in [1.165, 1.54) is 12.1 Å². The van der Waals surface area contributed by atoms with Gasteiger partial charge in [-0.05, 0) is 17.7 Å². The SMILES string of the molecule is O=C(OCc1ccccc1)c1cc(CO)c(O)c(CO)c1. The van der Waals surface area contributed by atoms with Gasteiger partial charge in [0.1, 0.15) is 12.4 Å². The first-order chi connectivity index (χ1) is 10.2. The molecule has 110 valence electrons. The number of carbonyl (C=O) groups excluding carboxylic acids is 1. The molecule has 5 heteroatoms. The topological polar surface area (TPSA) is 87.0 Å². The summed E-state index contributed by atoms with van der Waals surface area (Å²) in [6.07, 6.45) is 0. The second-order valence-electron chi connectivity index (χ2n) is 4.52. The van der Waals surface area contributed by atoms with Crippen LogP contribution in [0.4, 0.5) is 0 Å². The Morgan fingerprint density at radius 1 is 1.00 bits per heavy atom. The second-order valence-corrected chi connectivity index (χ2v) is 4.52. The van der Waals surface area contributed by atoms with E-state index in [0.29, 0.717) is 0 Å². The zero-order valence-electron chi connectivity index (χ0n) is 11.3. The average molecular weight is 288 g/mol. The molecule has 0 saturated carbocycles. The lowest BCUT2D eigenvalue weighted by Crippen LogP contribution is -2.07. The van der Waals surface area contributed by atoms with E-state index < -0.39 is 19.2 Å². The molecule has 3 N–H and O–H groups in total. The quantitative estimate of drug-likeness (QED) is 0.729. The van der Waals surface area contributed by atoms with Gasteiger partial charge in [0.05, 0.1) is 18.8 Å². The number of aromatic hydroxyl groups is 1. The van der Waals surface area contributed by atoms with Gasteiger partial charge in [0.15, 0.2) is 0 Å². The smallest absolute Gasteiger partial charge is 0.338 e. The third kappa shape index (κ3) is 3.59. The number of hydrogen-bond acceptors (Lipinski definition) is 5. The summed E-state index contributed by atoms with van der Waals surface area (Å²) in [6.45, 7) is -0.735. The predicted octanol–water partition coefficient (Wildman–Crippen LogP) is 1.73. The Bertz CT molecular complexity index is 597. The highest BCUT2D eigenvalue weighted by molar-refractivity contribution is 5.90. The van der Waals surface area contributed by atoms with E-state index in [0.717, 1.165) is 5.56 Å². The number of benzene rings is 2. The molecule has 2 aromatic rings. The lowest BCUT2D eigenvalue weighted by atomic mass is 10.0. The van der Waals surface area contributed by atoms with Crippen LogP contribution >= 0.6 is 0 Å². The Balaban J connectivity index is 2.15. The first kappa shape index (κ1) is 15.0. The molecule has 0 aliphatic rings. The number of aliphatic hydroxyl groups is 2. The predicted molar refractivity (Wildman–Crippen MR) is 75.5 cm³/mol. The molecule has 0 unspecified atom stereocenters. The van der Waals surface area contributed by atoms with E-state index >= 15 is 0 Å². The second kappa shape index (κ2) is 6.88. The summed E-state index contributed by atoms with van der Waals surface area (Å²) in [5.41, 5.74) is 1.38. The summed E-state index contributed by atoms with van der Waals surface area (Å²) in [5.74, 6) is -0.789. The van der Waals surface area contributed by atoms with Crippen LogP contribution < -0.4 is 0 Å². The Kier molecular flexibility index (Phi) is 4.92. The number of esters is 1. The van der Waals surface area contributed by atoms with Crippen molar-refractivity contribution in [1.29, 1.82) is 0 Å². The minimum absolute atomic E-state index is 0.128. The molecule has 0 amide bonds. The highest BCUT2D eigenvalue weighted by Gasteiger charge is 2.14. The molecule has 0 radical (unpaired) electrons. The van der Waals surface area contributed by atoms with Crippen molar-refractivity contribution < 1.29 is 24.9 Å². The number of aliphatic hydroxyl groups excluding tert-OH is 2. The van der Waals surface area contributed by atoms with E-state index in [4.69, 9.17) is 14.9 Å². The molecule has 2 aromatic carbocycles. The van der Waals surface area contributed by atoms with Gasteiger partial charge < -0.3 is 20.1 Å². The van der Waals surface area contributed by atoms with Gasteiger partial charge in [0, 0.05) is 11.1 Å². The Hall–Kier alpha value is -2.37. The highest BCUT2D eigenvalue weighted by atomic mass is 16.5. The van der Waals surface area contributed by atoms with Gasteiger partial charge in [-0.15, -0.1) is 0 Å². The van der Waals surface area contributed by atoms with Crippen LogP contribution in [0.5, 0.6) is 5.75 Å². The van der Waals surface area contributed by atoms with Crippen LogP contribution in [0.1, 0.15) is 27.0 Å². The number of ether oxygens (including phenoxy) is 1. The molecule has 0 atom stereocenters. The molecule has 0 bridgehead atoms. The maximum atomic E-state index is 12.0. The maximum Gasteiger partial charge on any atom is 0.338 e. The zero-order chi connectivity index (χ0) is 15.2. The van der Waals surface area contributed by atoms with Gasteiger partial charge >= 0.3 is 5.97 Å². The monoisotopic (exact) mass is 288 g/mol. The van der Waals surface area contributed by atoms with Crippen molar-refractivity contribution in [3.05, 3.63) is 64.7 Å². The van der Waals surface area contributed by atoms with E-state index in [2.05, 4.69) is 0 Å². The fourth-order valence-electron chi connectivity index (χ4n) is 1.93. The molecule has 0 aliphatic carbocycles. The fraction of sp³-hybridized carbons (Fsp3) is 0.188. The molecular weight excluding hydrogens is 272 g/mol. The van der Waals surface area contributed by atoms with Gasteiger partial charge in [0.2, 0.25) is 0 Å². The van der Waals surface area contributed by atoms with Crippen LogP contribution in [0.15, 0.2) is 42.5 Å². The van der Waals surface area contributed by atoms with Crippen molar-refractivity contribution in [2.45, 2.75) is 19.8 Å². The fourth-order valence-corrected chi connectivity index (χ4v) is 1.93. The normalized spacial score (nSPS) is 10.4. The summed E-state index contributed by atoms with van der Waals surface area (Å²) in [4.78, 5) is 12.0. The molecule has 0 heterocycles. The highest BCUT2D eigenvalue weighted by Crippen LogP contribution is 2.25. The van der Waals surface area contributed by atoms with Crippen molar-refractivity contribution >= 4 is 5.97 Å². The summed E-state index contributed by atoms with van der Waals surface area (Å²) < 4.78 is 5.17. The van der Waals surface area contributed by atoms with Gasteiger partial charge in [0.25, 0.3) is 0 Å². The maximum absolute atomic E-state index is 12.0. The van der Waals surface area contributed by atoms with Crippen LogP contribution in [0.2, 0.25) is 0 Å². The summed E-state index contributed by atoms with van der Waals surface area (Å²) in [6, 6.07) is 11.9. The van der Waals surface area contributed by atoms with Crippen LogP contribution in [-0.2, 0) is 24.6 Å². The Labute approximate surface area is 122 Å². The number of phenols is 1. The van der Waals surface area contributed by atoms with Crippen molar-refractivity contribution in [3.63, 3.8) is 0 Å². The van der Waals surface area contributed by atoms with E-state index in [1.807, 2.05) is 30.3 Å². The van der Waals surface area contributed by atoms with Gasteiger partial charge in [-0.25, -0.2) is 4.79 Å². The molecular formula is C16H16O5. The third-order valence-corrected chi connectivity index (χ3v) is 3.06. The first-order valence-corrected chi connectivity index (χ1v) is 6.43. The Morgan fingerprint density at radius 2 is 1.57 bits per heavy atom. The lowest BCUT2D eigenvalue weighted by molar-refractivity contribution is 0.0472. The summed E-state index contributed by atoms with van der Waals surface area (Å²) in [7, 11) is 0. The minimum Gasteiger partial charge on any atom is -0.507 e. The third-order valence-electron chi connectivity index (χ3n) is 3.06. The zero-order valence-corrected chi connectivity index (χ0v) is 11.3. The molecule has 0 saturated heterocycles. The molecule has 0 spiro atoms. The number of rotatable bonds is 5.